The van der Waals surface area contributed by atoms with Crippen molar-refractivity contribution < 1.29 is 4.39 Å². The lowest BCUT2D eigenvalue weighted by atomic mass is 10.0. The van der Waals surface area contributed by atoms with E-state index in [4.69, 9.17) is 5.73 Å². The number of benzene rings is 1. The third kappa shape index (κ3) is 3.97. The van der Waals surface area contributed by atoms with Crippen molar-refractivity contribution in [2.24, 2.45) is 5.73 Å². The second-order valence-corrected chi connectivity index (χ2v) is 6.81. The second-order valence-electron chi connectivity index (χ2n) is 4.55. The first-order valence-corrected chi connectivity index (χ1v) is 7.81. The second kappa shape index (κ2) is 6.21. The molecule has 94 valence electrons. The summed E-state index contributed by atoms with van der Waals surface area (Å²) in [6.45, 7) is 0. The molecule has 0 saturated carbocycles. The molecule has 17 heavy (non-hydrogen) atoms. The number of halogens is 2. The zero-order valence-electron chi connectivity index (χ0n) is 9.66. The fraction of sp³-hybridized carbons (Fsp3) is 0.538. The summed E-state index contributed by atoms with van der Waals surface area (Å²) >= 11 is 5.28. The molecule has 2 rings (SSSR count). The molecule has 1 aromatic rings. The third-order valence-corrected chi connectivity index (χ3v) is 5.08. The van der Waals surface area contributed by atoms with Crippen LogP contribution in [0.15, 0.2) is 22.7 Å². The molecule has 0 aromatic heterocycles. The first-order valence-electron chi connectivity index (χ1n) is 5.97. The maximum atomic E-state index is 13.2. The molecule has 0 spiro atoms. The molecule has 1 aliphatic rings. The van der Waals surface area contributed by atoms with Crippen LogP contribution < -0.4 is 5.73 Å². The van der Waals surface area contributed by atoms with E-state index >= 15 is 0 Å². The van der Waals surface area contributed by atoms with Crippen LogP contribution in [0.25, 0.3) is 0 Å². The van der Waals surface area contributed by atoms with Gasteiger partial charge in [0.25, 0.3) is 0 Å². The summed E-state index contributed by atoms with van der Waals surface area (Å²) in [6.07, 6.45) is 4.54. The average Bonchev–Trinajstić information content (AvgIpc) is 2.28. The van der Waals surface area contributed by atoms with Crippen LogP contribution in [-0.2, 0) is 6.42 Å². The lowest BCUT2D eigenvalue weighted by Crippen LogP contribution is -2.36. The van der Waals surface area contributed by atoms with Crippen LogP contribution in [0, 0.1) is 5.82 Å². The summed E-state index contributed by atoms with van der Waals surface area (Å²) in [5, 5.41) is 0.533. The molecule has 2 unspecified atom stereocenters. The molecule has 4 heteroatoms. The van der Waals surface area contributed by atoms with Gasteiger partial charge in [-0.2, -0.15) is 11.8 Å². The van der Waals surface area contributed by atoms with Crippen LogP contribution in [0.4, 0.5) is 4.39 Å². The molecule has 1 aliphatic heterocycles. The van der Waals surface area contributed by atoms with Gasteiger partial charge in [-0.15, -0.1) is 0 Å². The summed E-state index contributed by atoms with van der Waals surface area (Å²) in [5.41, 5.74) is 7.20. The molecular formula is C13H17BrFNS. The lowest BCUT2D eigenvalue weighted by Gasteiger charge is -2.27. The van der Waals surface area contributed by atoms with E-state index < -0.39 is 0 Å². The number of thioether (sulfide) groups is 1. The van der Waals surface area contributed by atoms with Gasteiger partial charge < -0.3 is 5.73 Å². The minimum absolute atomic E-state index is 0.133. The van der Waals surface area contributed by atoms with Gasteiger partial charge >= 0.3 is 0 Å². The van der Waals surface area contributed by atoms with Gasteiger partial charge in [-0.25, -0.2) is 4.39 Å². The van der Waals surface area contributed by atoms with Gasteiger partial charge in [-0.1, -0.05) is 22.4 Å². The predicted molar refractivity (Wildman–Crippen MR) is 75.9 cm³/mol. The number of nitrogens with two attached hydrogens (primary N) is 1. The van der Waals surface area contributed by atoms with Crippen LogP contribution in [0.5, 0.6) is 0 Å². The highest BCUT2D eigenvalue weighted by atomic mass is 79.9. The Bertz CT molecular complexity index is 359. The Labute approximate surface area is 114 Å². The molecule has 1 nitrogen and oxygen atoms in total. The van der Waals surface area contributed by atoms with Crippen molar-refractivity contribution in [1.82, 2.24) is 0 Å². The molecule has 1 heterocycles. The normalized spacial score (nSPS) is 22.4. The highest BCUT2D eigenvalue weighted by molar-refractivity contribution is 9.10. The maximum Gasteiger partial charge on any atom is 0.124 e. The predicted octanol–water partition coefficient (Wildman–Crippen LogP) is 3.74. The maximum absolute atomic E-state index is 13.2. The first kappa shape index (κ1) is 13.4. The fourth-order valence-electron chi connectivity index (χ4n) is 2.24. The smallest absolute Gasteiger partial charge is 0.124 e. The number of hydrogen-bond donors (Lipinski definition) is 1. The molecule has 2 atom stereocenters. The highest BCUT2D eigenvalue weighted by Crippen LogP contribution is 2.28. The standard InChI is InChI=1S/C13H17BrFNS/c14-10-5-9(6-11(15)8-10)7-12(16)13-3-1-2-4-17-13/h5-6,8,12-13H,1-4,7,16H2. The van der Waals surface area contributed by atoms with Crippen LogP contribution >= 0.6 is 27.7 Å². The Balaban J connectivity index is 1.99. The largest absolute Gasteiger partial charge is 0.326 e. The van der Waals surface area contributed by atoms with Crippen molar-refractivity contribution >= 4 is 27.7 Å². The van der Waals surface area contributed by atoms with Crippen molar-refractivity contribution in [2.75, 3.05) is 5.75 Å². The van der Waals surface area contributed by atoms with Gasteiger partial charge in [-0.3, -0.25) is 0 Å². The molecule has 0 amide bonds. The topological polar surface area (TPSA) is 26.0 Å². The molecule has 2 N–H and O–H groups in total. The number of hydrogen-bond acceptors (Lipinski definition) is 2. The first-order chi connectivity index (χ1) is 8.15. The minimum atomic E-state index is -0.196. The zero-order valence-corrected chi connectivity index (χ0v) is 12.1. The van der Waals surface area contributed by atoms with Crippen molar-refractivity contribution in [3.05, 3.63) is 34.1 Å². The Morgan fingerprint density at radius 1 is 1.41 bits per heavy atom. The van der Waals surface area contributed by atoms with Crippen LogP contribution in [-0.4, -0.2) is 17.0 Å². The Morgan fingerprint density at radius 2 is 2.24 bits per heavy atom. The lowest BCUT2D eigenvalue weighted by molar-refractivity contribution is 0.556. The van der Waals surface area contributed by atoms with Crippen molar-refractivity contribution in [1.29, 1.82) is 0 Å². The molecule has 0 radical (unpaired) electrons. The van der Waals surface area contributed by atoms with E-state index in [-0.39, 0.29) is 11.9 Å². The van der Waals surface area contributed by atoms with E-state index in [1.54, 1.807) is 6.07 Å². The Kier molecular flexibility index (Phi) is 4.88. The van der Waals surface area contributed by atoms with Gasteiger partial charge in [0.15, 0.2) is 0 Å². The van der Waals surface area contributed by atoms with Crippen molar-refractivity contribution in [3.8, 4) is 0 Å². The zero-order chi connectivity index (χ0) is 12.3. The summed E-state index contributed by atoms with van der Waals surface area (Å²) in [7, 11) is 0. The van der Waals surface area contributed by atoms with Gasteiger partial charge in [-0.05, 0) is 48.8 Å². The number of rotatable bonds is 3. The van der Waals surface area contributed by atoms with E-state index in [1.165, 1.54) is 31.1 Å². The summed E-state index contributed by atoms with van der Waals surface area (Å²) in [4.78, 5) is 0. The van der Waals surface area contributed by atoms with Crippen molar-refractivity contribution in [3.63, 3.8) is 0 Å². The van der Waals surface area contributed by atoms with E-state index in [9.17, 15) is 4.39 Å². The summed E-state index contributed by atoms with van der Waals surface area (Å²) in [5.74, 6) is 1.02. The summed E-state index contributed by atoms with van der Waals surface area (Å²) in [6, 6.07) is 5.15. The third-order valence-electron chi connectivity index (χ3n) is 3.09. The van der Waals surface area contributed by atoms with E-state index in [0.29, 0.717) is 5.25 Å². The quantitative estimate of drug-likeness (QED) is 0.919. The van der Waals surface area contributed by atoms with Gasteiger partial charge in [0.1, 0.15) is 5.82 Å². The molecule has 1 aromatic carbocycles. The average molecular weight is 318 g/mol. The molecular weight excluding hydrogens is 301 g/mol. The van der Waals surface area contributed by atoms with E-state index in [2.05, 4.69) is 15.9 Å². The van der Waals surface area contributed by atoms with Gasteiger partial charge in [0.05, 0.1) is 0 Å². The monoisotopic (exact) mass is 317 g/mol. The Hall–Kier alpha value is -0.0600. The molecule has 1 fully saturated rings. The summed E-state index contributed by atoms with van der Waals surface area (Å²) < 4.78 is 14.0. The van der Waals surface area contributed by atoms with Crippen LogP contribution in [0.2, 0.25) is 0 Å². The molecule has 0 aliphatic carbocycles. The SMILES string of the molecule is NC(Cc1cc(F)cc(Br)c1)C1CCCCS1. The molecule has 0 bridgehead atoms. The van der Waals surface area contributed by atoms with Crippen molar-refractivity contribution in [2.45, 2.75) is 37.0 Å². The van der Waals surface area contributed by atoms with Crippen LogP contribution in [0.1, 0.15) is 24.8 Å². The van der Waals surface area contributed by atoms with Crippen LogP contribution in [0.3, 0.4) is 0 Å². The van der Waals surface area contributed by atoms with E-state index in [1.807, 2.05) is 17.8 Å². The molecule has 1 saturated heterocycles. The minimum Gasteiger partial charge on any atom is -0.326 e. The highest BCUT2D eigenvalue weighted by Gasteiger charge is 2.21. The van der Waals surface area contributed by atoms with Gasteiger partial charge in [0.2, 0.25) is 0 Å². The Morgan fingerprint density at radius 3 is 2.88 bits per heavy atom. The fourth-order valence-corrected chi connectivity index (χ4v) is 4.10. The van der Waals surface area contributed by atoms with E-state index in [0.717, 1.165) is 16.5 Å². The van der Waals surface area contributed by atoms with Gasteiger partial charge in [0, 0.05) is 15.8 Å².